The third-order valence-electron chi connectivity index (χ3n) is 1.89. The molecule has 1 aliphatic carbocycles. The Kier molecular flexibility index (Phi) is 1.86. The third kappa shape index (κ3) is 1.01. The van der Waals surface area contributed by atoms with Crippen molar-refractivity contribution in [3.8, 4) is 0 Å². The number of rotatable bonds is 2. The lowest BCUT2D eigenvalue weighted by Gasteiger charge is -2.29. The summed E-state index contributed by atoms with van der Waals surface area (Å²) in [6.07, 6.45) is 3.86. The Bertz CT molecular complexity index is 68.2. The molecule has 2 heteroatoms. The first-order chi connectivity index (χ1) is 3.84. The highest BCUT2D eigenvalue weighted by Gasteiger charge is 2.23. The van der Waals surface area contributed by atoms with Crippen molar-refractivity contribution < 1.29 is 4.74 Å². The van der Waals surface area contributed by atoms with E-state index in [1.165, 1.54) is 19.3 Å². The Morgan fingerprint density at radius 1 is 1.62 bits per heavy atom. The first kappa shape index (κ1) is 6.05. The van der Waals surface area contributed by atoms with E-state index in [0.29, 0.717) is 5.92 Å². The molecule has 1 saturated carbocycles. The summed E-state index contributed by atoms with van der Waals surface area (Å²) in [6.45, 7) is 0. The van der Waals surface area contributed by atoms with Crippen molar-refractivity contribution in [2.45, 2.75) is 25.5 Å². The topological polar surface area (TPSA) is 35.2 Å². The zero-order chi connectivity index (χ0) is 5.98. The second-order valence-electron chi connectivity index (χ2n) is 2.39. The summed E-state index contributed by atoms with van der Waals surface area (Å²) in [5.41, 5.74) is 5.56. The van der Waals surface area contributed by atoms with Gasteiger partial charge < -0.3 is 10.5 Å². The van der Waals surface area contributed by atoms with Gasteiger partial charge in [0.2, 0.25) is 0 Å². The highest BCUT2D eigenvalue weighted by atomic mass is 16.5. The van der Waals surface area contributed by atoms with Gasteiger partial charge in [0.25, 0.3) is 0 Å². The molecule has 1 atom stereocenters. The summed E-state index contributed by atoms with van der Waals surface area (Å²) in [4.78, 5) is 0. The molecule has 0 bridgehead atoms. The Morgan fingerprint density at radius 2 is 2.25 bits per heavy atom. The van der Waals surface area contributed by atoms with Gasteiger partial charge in [-0.2, -0.15) is 0 Å². The molecule has 8 heavy (non-hydrogen) atoms. The third-order valence-corrected chi connectivity index (χ3v) is 1.89. The molecule has 2 nitrogen and oxygen atoms in total. The van der Waals surface area contributed by atoms with E-state index in [1.807, 2.05) is 0 Å². The Morgan fingerprint density at radius 3 is 2.38 bits per heavy atom. The van der Waals surface area contributed by atoms with Crippen LogP contribution in [0.2, 0.25) is 0 Å². The van der Waals surface area contributed by atoms with Crippen LogP contribution in [0.15, 0.2) is 0 Å². The molecule has 0 amide bonds. The fraction of sp³-hybridized carbons (Fsp3) is 1.00. The van der Waals surface area contributed by atoms with Crippen LogP contribution in [-0.2, 0) is 4.74 Å². The number of ether oxygens (including phenoxy) is 1. The molecule has 1 rings (SSSR count). The molecule has 0 heterocycles. The van der Waals surface area contributed by atoms with Crippen molar-refractivity contribution in [2.75, 3.05) is 7.11 Å². The van der Waals surface area contributed by atoms with Crippen LogP contribution in [0.4, 0.5) is 0 Å². The quantitative estimate of drug-likeness (QED) is 0.538. The summed E-state index contributed by atoms with van der Waals surface area (Å²) < 4.78 is 4.93. The minimum atomic E-state index is 0.00347. The monoisotopic (exact) mass is 115 g/mol. The summed E-state index contributed by atoms with van der Waals surface area (Å²) in [5.74, 6) is 0.653. The smallest absolute Gasteiger partial charge is 0.108 e. The predicted octanol–water partition coefficient (Wildman–Crippen LogP) is 0.718. The lowest BCUT2D eigenvalue weighted by molar-refractivity contribution is 0.0242. The van der Waals surface area contributed by atoms with E-state index in [1.54, 1.807) is 7.11 Å². The lowest BCUT2D eigenvalue weighted by Crippen LogP contribution is -2.35. The maximum Gasteiger partial charge on any atom is 0.108 e. The molecular formula is C6H13NO. The SMILES string of the molecule is COC(N)C1CCC1. The normalized spacial score (nSPS) is 24.8. The number of methoxy groups -OCH3 is 1. The average molecular weight is 115 g/mol. The van der Waals surface area contributed by atoms with Crippen molar-refractivity contribution in [1.29, 1.82) is 0 Å². The molecule has 1 fully saturated rings. The van der Waals surface area contributed by atoms with E-state index in [9.17, 15) is 0 Å². The largest absolute Gasteiger partial charge is 0.367 e. The molecule has 0 radical (unpaired) electrons. The van der Waals surface area contributed by atoms with E-state index in [4.69, 9.17) is 10.5 Å². The van der Waals surface area contributed by atoms with Crippen LogP contribution in [0.1, 0.15) is 19.3 Å². The van der Waals surface area contributed by atoms with Gasteiger partial charge in [-0.15, -0.1) is 0 Å². The summed E-state index contributed by atoms with van der Waals surface area (Å²) in [6, 6.07) is 0. The van der Waals surface area contributed by atoms with Gasteiger partial charge in [0.1, 0.15) is 6.23 Å². The van der Waals surface area contributed by atoms with Crippen molar-refractivity contribution in [2.24, 2.45) is 11.7 Å². The minimum Gasteiger partial charge on any atom is -0.367 e. The van der Waals surface area contributed by atoms with Crippen molar-refractivity contribution in [1.82, 2.24) is 0 Å². The van der Waals surface area contributed by atoms with Crippen LogP contribution in [0, 0.1) is 5.92 Å². The zero-order valence-corrected chi connectivity index (χ0v) is 5.26. The zero-order valence-electron chi connectivity index (χ0n) is 5.26. The van der Waals surface area contributed by atoms with Crippen LogP contribution in [0.3, 0.4) is 0 Å². The van der Waals surface area contributed by atoms with Crippen molar-refractivity contribution >= 4 is 0 Å². The van der Waals surface area contributed by atoms with Gasteiger partial charge >= 0.3 is 0 Å². The van der Waals surface area contributed by atoms with Crippen LogP contribution in [-0.4, -0.2) is 13.3 Å². The van der Waals surface area contributed by atoms with Crippen molar-refractivity contribution in [3.63, 3.8) is 0 Å². The second-order valence-corrected chi connectivity index (χ2v) is 2.39. The summed E-state index contributed by atoms with van der Waals surface area (Å²) >= 11 is 0. The fourth-order valence-electron chi connectivity index (χ4n) is 0.961. The van der Waals surface area contributed by atoms with E-state index in [-0.39, 0.29) is 6.23 Å². The minimum absolute atomic E-state index is 0.00347. The highest BCUT2D eigenvalue weighted by Crippen LogP contribution is 2.28. The van der Waals surface area contributed by atoms with E-state index in [0.717, 1.165) is 0 Å². The molecule has 0 aromatic heterocycles. The molecule has 0 aliphatic heterocycles. The van der Waals surface area contributed by atoms with Crippen LogP contribution in [0.5, 0.6) is 0 Å². The Balaban J connectivity index is 2.13. The number of nitrogens with two attached hydrogens (primary N) is 1. The fourth-order valence-corrected chi connectivity index (χ4v) is 0.961. The molecule has 1 aliphatic rings. The van der Waals surface area contributed by atoms with E-state index >= 15 is 0 Å². The van der Waals surface area contributed by atoms with E-state index < -0.39 is 0 Å². The van der Waals surface area contributed by atoms with Gasteiger partial charge in [-0.3, -0.25) is 0 Å². The lowest BCUT2D eigenvalue weighted by atomic mass is 9.84. The van der Waals surface area contributed by atoms with Gasteiger partial charge in [-0.25, -0.2) is 0 Å². The summed E-state index contributed by atoms with van der Waals surface area (Å²) in [7, 11) is 1.67. The predicted molar refractivity (Wildman–Crippen MR) is 32.3 cm³/mol. The maximum absolute atomic E-state index is 5.56. The molecule has 1 unspecified atom stereocenters. The van der Waals surface area contributed by atoms with Crippen LogP contribution in [0.25, 0.3) is 0 Å². The second kappa shape index (κ2) is 2.46. The Labute approximate surface area is 50.0 Å². The van der Waals surface area contributed by atoms with E-state index in [2.05, 4.69) is 0 Å². The van der Waals surface area contributed by atoms with Crippen molar-refractivity contribution in [3.05, 3.63) is 0 Å². The average Bonchev–Trinajstić information content (AvgIpc) is 1.62. The first-order valence-electron chi connectivity index (χ1n) is 3.13. The first-order valence-corrected chi connectivity index (χ1v) is 3.13. The van der Waals surface area contributed by atoms with Gasteiger partial charge in [0, 0.05) is 7.11 Å². The van der Waals surface area contributed by atoms with Gasteiger partial charge in [-0.05, 0) is 18.8 Å². The van der Waals surface area contributed by atoms with Crippen LogP contribution >= 0.6 is 0 Å². The molecular weight excluding hydrogens is 102 g/mol. The maximum atomic E-state index is 5.56. The van der Waals surface area contributed by atoms with Gasteiger partial charge in [0.15, 0.2) is 0 Å². The summed E-state index contributed by atoms with van der Waals surface area (Å²) in [5, 5.41) is 0. The Hall–Kier alpha value is -0.0800. The molecule has 0 aromatic rings. The van der Waals surface area contributed by atoms with Gasteiger partial charge in [0.05, 0.1) is 0 Å². The molecule has 48 valence electrons. The number of hydrogen-bond acceptors (Lipinski definition) is 2. The molecule has 0 spiro atoms. The van der Waals surface area contributed by atoms with Crippen LogP contribution < -0.4 is 5.73 Å². The number of hydrogen-bond donors (Lipinski definition) is 1. The standard InChI is InChI=1S/C6H13NO/c1-8-6(7)5-3-2-4-5/h5-6H,2-4,7H2,1H3. The molecule has 0 aromatic carbocycles. The molecule has 0 saturated heterocycles. The highest BCUT2D eigenvalue weighted by molar-refractivity contribution is 4.73. The molecule has 2 N–H and O–H groups in total. The van der Waals surface area contributed by atoms with Gasteiger partial charge in [-0.1, -0.05) is 6.42 Å².